The van der Waals surface area contributed by atoms with Gasteiger partial charge in [0, 0.05) is 11.3 Å². The van der Waals surface area contributed by atoms with Gasteiger partial charge in [0.1, 0.15) is 0 Å². The van der Waals surface area contributed by atoms with Gasteiger partial charge in [-0.3, -0.25) is 9.69 Å². The number of rotatable bonds is 7. The number of hydrogen-bond acceptors (Lipinski definition) is 5. The number of benzene rings is 3. The molecular formula is C26H24N2O5. The molecule has 0 aliphatic carbocycles. The quantitative estimate of drug-likeness (QED) is 0.412. The Kier molecular flexibility index (Phi) is 6.31. The van der Waals surface area contributed by atoms with Crippen LogP contribution in [0.1, 0.15) is 27.5 Å². The van der Waals surface area contributed by atoms with E-state index in [2.05, 4.69) is 5.32 Å². The lowest BCUT2D eigenvalue weighted by Crippen LogP contribution is -2.27. The van der Waals surface area contributed by atoms with Crippen molar-refractivity contribution in [2.45, 2.75) is 6.04 Å². The highest BCUT2D eigenvalue weighted by atomic mass is 16.5. The molecule has 4 rings (SSSR count). The second kappa shape index (κ2) is 9.48. The van der Waals surface area contributed by atoms with Crippen molar-refractivity contribution < 1.29 is 24.2 Å². The van der Waals surface area contributed by atoms with E-state index in [0.29, 0.717) is 23.4 Å². The second-order valence-corrected chi connectivity index (χ2v) is 7.55. The fraction of sp³-hybridized carbons (Fsp3) is 0.154. The van der Waals surface area contributed by atoms with Gasteiger partial charge in [0.15, 0.2) is 17.3 Å². The van der Waals surface area contributed by atoms with Gasteiger partial charge in [-0.05, 0) is 41.5 Å². The molecule has 2 amide bonds. The van der Waals surface area contributed by atoms with Crippen LogP contribution < -0.4 is 19.7 Å². The van der Waals surface area contributed by atoms with Crippen molar-refractivity contribution in [1.29, 1.82) is 0 Å². The molecule has 168 valence electrons. The molecular weight excluding hydrogens is 420 g/mol. The fourth-order valence-electron chi connectivity index (χ4n) is 3.74. The monoisotopic (exact) mass is 444 g/mol. The summed E-state index contributed by atoms with van der Waals surface area (Å²) in [6, 6.07) is 19.6. The molecule has 1 aliphatic heterocycles. The molecule has 0 saturated carbocycles. The molecule has 2 N–H and O–H groups in total. The largest absolute Gasteiger partial charge is 0.502 e. The van der Waals surface area contributed by atoms with Crippen LogP contribution in [-0.4, -0.2) is 37.7 Å². The first-order valence-electron chi connectivity index (χ1n) is 10.4. The number of phenols is 1. The van der Waals surface area contributed by atoms with Crippen LogP contribution in [0.5, 0.6) is 17.2 Å². The number of aromatic hydroxyl groups is 1. The van der Waals surface area contributed by atoms with Crippen LogP contribution in [0.4, 0.5) is 10.5 Å². The Bertz CT molecular complexity index is 1180. The van der Waals surface area contributed by atoms with E-state index in [1.165, 1.54) is 20.3 Å². The number of ether oxygens (including phenoxy) is 2. The Hall–Kier alpha value is -4.26. The smallest absolute Gasteiger partial charge is 0.322 e. The minimum atomic E-state index is -0.220. The molecule has 3 aromatic rings. The topological polar surface area (TPSA) is 88.1 Å². The number of methoxy groups -OCH3 is 2. The average molecular weight is 444 g/mol. The zero-order valence-electron chi connectivity index (χ0n) is 18.3. The van der Waals surface area contributed by atoms with Gasteiger partial charge < -0.3 is 19.9 Å². The number of hydrogen-bond donors (Lipinski definition) is 2. The van der Waals surface area contributed by atoms with Crippen LogP contribution in [-0.2, 0) is 0 Å². The van der Waals surface area contributed by atoms with E-state index < -0.39 is 0 Å². The van der Waals surface area contributed by atoms with Crippen LogP contribution in [0.25, 0.3) is 6.08 Å². The number of carbonyl (C=O) groups excluding carboxylic acids is 2. The lowest BCUT2D eigenvalue weighted by atomic mass is 10.1. The van der Waals surface area contributed by atoms with Crippen LogP contribution in [0, 0.1) is 0 Å². The van der Waals surface area contributed by atoms with E-state index in [1.807, 2.05) is 36.4 Å². The third-order valence-electron chi connectivity index (χ3n) is 5.48. The molecule has 0 radical (unpaired) electrons. The van der Waals surface area contributed by atoms with E-state index in [0.717, 1.165) is 5.56 Å². The van der Waals surface area contributed by atoms with E-state index in [4.69, 9.17) is 9.47 Å². The Labute approximate surface area is 191 Å². The van der Waals surface area contributed by atoms with Crippen molar-refractivity contribution in [3.8, 4) is 17.2 Å². The highest BCUT2D eigenvalue weighted by Gasteiger charge is 2.30. The van der Waals surface area contributed by atoms with Crippen molar-refractivity contribution in [2.24, 2.45) is 0 Å². The predicted molar refractivity (Wildman–Crippen MR) is 126 cm³/mol. The molecule has 0 spiro atoms. The molecule has 1 aliphatic rings. The molecule has 1 saturated heterocycles. The zero-order chi connectivity index (χ0) is 23.4. The van der Waals surface area contributed by atoms with Crippen molar-refractivity contribution in [1.82, 2.24) is 5.32 Å². The molecule has 1 fully saturated rings. The highest BCUT2D eigenvalue weighted by molar-refractivity contribution is 6.08. The van der Waals surface area contributed by atoms with Crippen molar-refractivity contribution in [3.63, 3.8) is 0 Å². The summed E-state index contributed by atoms with van der Waals surface area (Å²) in [5.41, 5.74) is 2.77. The third kappa shape index (κ3) is 4.67. The van der Waals surface area contributed by atoms with Gasteiger partial charge in [0.25, 0.3) is 0 Å². The lowest BCUT2D eigenvalue weighted by molar-refractivity contribution is 0.104. The second-order valence-electron chi connectivity index (χ2n) is 7.55. The van der Waals surface area contributed by atoms with Crippen molar-refractivity contribution in [2.75, 3.05) is 25.7 Å². The van der Waals surface area contributed by atoms with E-state index in [1.54, 1.807) is 41.3 Å². The number of phenolic OH excluding ortho intramolecular Hbond substituents is 1. The molecule has 0 aromatic heterocycles. The average Bonchev–Trinajstić information content (AvgIpc) is 3.25. The van der Waals surface area contributed by atoms with Crippen LogP contribution in [0.2, 0.25) is 0 Å². The Morgan fingerprint density at radius 1 is 1.03 bits per heavy atom. The fourth-order valence-corrected chi connectivity index (χ4v) is 3.74. The maximum atomic E-state index is 12.8. The van der Waals surface area contributed by atoms with Gasteiger partial charge in [-0.15, -0.1) is 0 Å². The van der Waals surface area contributed by atoms with Gasteiger partial charge in [0.2, 0.25) is 5.75 Å². The number of amides is 2. The molecule has 7 nitrogen and oxygen atoms in total. The summed E-state index contributed by atoms with van der Waals surface area (Å²) in [5.74, 6) is 0.170. The Morgan fingerprint density at radius 3 is 2.39 bits per heavy atom. The van der Waals surface area contributed by atoms with E-state index >= 15 is 0 Å². The predicted octanol–water partition coefficient (Wildman–Crippen LogP) is 4.58. The molecule has 3 aromatic carbocycles. The number of allylic oxidation sites excluding steroid dienone is 1. The first kappa shape index (κ1) is 22.0. The molecule has 7 heteroatoms. The van der Waals surface area contributed by atoms with Crippen molar-refractivity contribution in [3.05, 3.63) is 89.5 Å². The summed E-state index contributed by atoms with van der Waals surface area (Å²) in [4.78, 5) is 27.0. The van der Waals surface area contributed by atoms with Gasteiger partial charge in [-0.25, -0.2) is 4.79 Å². The number of nitrogens with one attached hydrogen (secondary N) is 1. The highest BCUT2D eigenvalue weighted by Crippen LogP contribution is 2.37. The molecule has 0 bridgehead atoms. The number of nitrogens with zero attached hydrogens (tertiary/aromatic N) is 1. The van der Waals surface area contributed by atoms with Gasteiger partial charge in [0.05, 0.1) is 26.8 Å². The first-order valence-corrected chi connectivity index (χ1v) is 10.4. The van der Waals surface area contributed by atoms with E-state index in [9.17, 15) is 14.7 Å². The van der Waals surface area contributed by atoms with Crippen molar-refractivity contribution >= 4 is 23.6 Å². The number of anilines is 1. The first-order chi connectivity index (χ1) is 16.0. The van der Waals surface area contributed by atoms with Crippen LogP contribution in [0.15, 0.2) is 72.8 Å². The Balaban J connectivity index is 1.52. The summed E-state index contributed by atoms with van der Waals surface area (Å²) >= 11 is 0. The maximum absolute atomic E-state index is 12.8. The third-order valence-corrected chi connectivity index (χ3v) is 5.48. The summed E-state index contributed by atoms with van der Waals surface area (Å²) in [7, 11) is 2.88. The maximum Gasteiger partial charge on any atom is 0.322 e. The molecule has 33 heavy (non-hydrogen) atoms. The SMILES string of the molecule is COc1cc(C=CC(=O)c2cccc(N3CC(c4ccccc4)NC3=O)c2)cc(OC)c1O. The summed E-state index contributed by atoms with van der Waals surface area (Å²) in [5, 5.41) is 13.0. The van der Waals surface area contributed by atoms with Gasteiger partial charge >= 0.3 is 6.03 Å². The number of ketones is 1. The van der Waals surface area contributed by atoms with Crippen LogP contribution in [0.3, 0.4) is 0 Å². The minimum absolute atomic E-state index is 0.103. The minimum Gasteiger partial charge on any atom is -0.502 e. The van der Waals surface area contributed by atoms with Crippen LogP contribution >= 0.6 is 0 Å². The lowest BCUT2D eigenvalue weighted by Gasteiger charge is -2.15. The Morgan fingerprint density at radius 2 is 1.73 bits per heavy atom. The number of urea groups is 1. The van der Waals surface area contributed by atoms with Gasteiger partial charge in [-0.2, -0.15) is 0 Å². The molecule has 1 atom stereocenters. The standard InChI is InChI=1S/C26H24N2O5/c1-32-23-13-17(14-24(33-2)25(23)30)11-12-22(29)19-9-6-10-20(15-19)28-16-21(27-26(28)31)18-7-4-3-5-8-18/h3-15,21,30H,16H2,1-2H3,(H,27,31). The molecule has 1 heterocycles. The normalized spacial score (nSPS) is 15.5. The summed E-state index contributed by atoms with van der Waals surface area (Å²) in [6.45, 7) is 0.476. The molecule has 1 unspecified atom stereocenters. The van der Waals surface area contributed by atoms with E-state index in [-0.39, 0.29) is 35.1 Å². The number of carbonyl (C=O) groups is 2. The summed E-state index contributed by atoms with van der Waals surface area (Å²) in [6.07, 6.45) is 3.05. The van der Waals surface area contributed by atoms with Gasteiger partial charge in [-0.1, -0.05) is 48.5 Å². The summed E-state index contributed by atoms with van der Waals surface area (Å²) < 4.78 is 10.3. The zero-order valence-corrected chi connectivity index (χ0v) is 18.3.